The maximum absolute atomic E-state index is 13.0. The molecule has 1 fully saturated rings. The molecule has 1 aliphatic carbocycles. The molecule has 1 unspecified atom stereocenters. The van der Waals surface area contributed by atoms with Gasteiger partial charge >= 0.3 is 6.03 Å². The first kappa shape index (κ1) is 19.4. The van der Waals surface area contributed by atoms with E-state index in [2.05, 4.69) is 10.6 Å². The zero-order chi connectivity index (χ0) is 20.6. The monoisotopic (exact) mass is 417 g/mol. The smallest absolute Gasteiger partial charge is 0.325 e. The quantitative estimate of drug-likeness (QED) is 0.578. The molecule has 1 spiro atoms. The van der Waals surface area contributed by atoms with Gasteiger partial charge in [0.15, 0.2) is 0 Å². The number of hydrogen-bond donors (Lipinski definition) is 2. The van der Waals surface area contributed by atoms with Crippen LogP contribution in [0.3, 0.4) is 0 Å². The molecular formula is C20H17F2N3O3S. The maximum Gasteiger partial charge on any atom is 0.325 e. The summed E-state index contributed by atoms with van der Waals surface area (Å²) in [4.78, 5) is 39.1. The number of rotatable bonds is 5. The summed E-state index contributed by atoms with van der Waals surface area (Å²) in [6.45, 7) is -0.428. The Morgan fingerprint density at radius 2 is 1.90 bits per heavy atom. The molecule has 2 aromatic carbocycles. The summed E-state index contributed by atoms with van der Waals surface area (Å²) in [5.74, 6) is -3.51. The van der Waals surface area contributed by atoms with Crippen LogP contribution in [0.5, 0.6) is 0 Å². The van der Waals surface area contributed by atoms with E-state index in [9.17, 15) is 23.2 Å². The zero-order valence-corrected chi connectivity index (χ0v) is 16.0. The van der Waals surface area contributed by atoms with Gasteiger partial charge in [0.1, 0.15) is 12.1 Å². The Hall–Kier alpha value is -2.94. The van der Waals surface area contributed by atoms with Crippen LogP contribution in [-0.2, 0) is 21.5 Å². The average Bonchev–Trinajstić information content (AvgIpc) is 3.17. The molecule has 1 heterocycles. The van der Waals surface area contributed by atoms with Crippen molar-refractivity contribution in [2.24, 2.45) is 0 Å². The normalized spacial score (nSPS) is 20.3. The minimum Gasteiger partial charge on any atom is -0.325 e. The Morgan fingerprint density at radius 1 is 1.17 bits per heavy atom. The molecule has 2 aliphatic rings. The van der Waals surface area contributed by atoms with Crippen molar-refractivity contribution in [3.8, 4) is 0 Å². The molecule has 29 heavy (non-hydrogen) atoms. The summed E-state index contributed by atoms with van der Waals surface area (Å²) < 4.78 is 24.7. The van der Waals surface area contributed by atoms with E-state index in [0.717, 1.165) is 16.0 Å². The summed E-state index contributed by atoms with van der Waals surface area (Å²) in [6.07, 6.45) is 1.13. The molecule has 0 saturated carbocycles. The van der Waals surface area contributed by atoms with Gasteiger partial charge in [-0.25, -0.2) is 4.79 Å². The summed E-state index contributed by atoms with van der Waals surface area (Å²) in [5.41, 5.74) is 1.06. The van der Waals surface area contributed by atoms with Crippen LogP contribution in [-0.4, -0.2) is 35.0 Å². The highest BCUT2D eigenvalue weighted by Crippen LogP contribution is 2.41. The van der Waals surface area contributed by atoms with Gasteiger partial charge in [0.2, 0.25) is 5.91 Å². The number of urea groups is 1. The fourth-order valence-electron chi connectivity index (χ4n) is 3.80. The number of imide groups is 1. The molecule has 2 N–H and O–H groups in total. The van der Waals surface area contributed by atoms with Crippen LogP contribution >= 0.6 is 11.8 Å². The lowest BCUT2D eigenvalue weighted by Crippen LogP contribution is -2.42. The number of carbonyl (C=O) groups is 3. The minimum absolute atomic E-state index is 0.369. The molecule has 4 amide bonds. The van der Waals surface area contributed by atoms with E-state index in [4.69, 9.17) is 0 Å². The second kappa shape index (κ2) is 7.47. The Labute approximate surface area is 169 Å². The van der Waals surface area contributed by atoms with Crippen LogP contribution in [0.4, 0.5) is 19.3 Å². The molecule has 2 aromatic rings. The van der Waals surface area contributed by atoms with Gasteiger partial charge in [0.05, 0.1) is 0 Å². The highest BCUT2D eigenvalue weighted by molar-refractivity contribution is 7.99. The molecule has 4 rings (SSSR count). The van der Waals surface area contributed by atoms with Crippen LogP contribution in [0.25, 0.3) is 0 Å². The van der Waals surface area contributed by atoms with Crippen molar-refractivity contribution in [2.75, 3.05) is 11.9 Å². The number of amides is 4. The minimum atomic E-state index is -2.52. The Bertz CT molecular complexity index is 983. The van der Waals surface area contributed by atoms with Crippen LogP contribution in [0.2, 0.25) is 0 Å². The van der Waals surface area contributed by atoms with Gasteiger partial charge in [-0.2, -0.15) is 8.78 Å². The van der Waals surface area contributed by atoms with Crippen LogP contribution in [0, 0.1) is 0 Å². The molecule has 0 bridgehead atoms. The Balaban J connectivity index is 1.44. The zero-order valence-electron chi connectivity index (χ0n) is 15.2. The van der Waals surface area contributed by atoms with E-state index < -0.39 is 35.7 Å². The number of thioether (sulfide) groups is 1. The summed E-state index contributed by atoms with van der Waals surface area (Å²) in [7, 11) is 0. The number of halogens is 2. The van der Waals surface area contributed by atoms with Crippen molar-refractivity contribution in [3.63, 3.8) is 0 Å². The fourth-order valence-corrected chi connectivity index (χ4v) is 4.30. The Kier molecular flexibility index (Phi) is 4.99. The number of nitrogens with zero attached hydrogens (tertiary/aromatic N) is 1. The number of carbonyl (C=O) groups excluding carboxylic acids is 3. The van der Waals surface area contributed by atoms with E-state index >= 15 is 0 Å². The van der Waals surface area contributed by atoms with E-state index in [0.29, 0.717) is 35.2 Å². The van der Waals surface area contributed by atoms with Gasteiger partial charge in [0.25, 0.3) is 11.7 Å². The predicted molar refractivity (Wildman–Crippen MR) is 104 cm³/mol. The average molecular weight is 417 g/mol. The highest BCUT2D eigenvalue weighted by Gasteiger charge is 2.55. The number of aryl methyl sites for hydroxylation is 1. The summed E-state index contributed by atoms with van der Waals surface area (Å²) in [6, 6.07) is 12.7. The van der Waals surface area contributed by atoms with Crippen LogP contribution < -0.4 is 10.6 Å². The number of hydrogen-bond acceptors (Lipinski definition) is 4. The van der Waals surface area contributed by atoms with E-state index in [1.807, 2.05) is 24.3 Å². The van der Waals surface area contributed by atoms with E-state index in [-0.39, 0.29) is 0 Å². The topological polar surface area (TPSA) is 78.5 Å². The van der Waals surface area contributed by atoms with Gasteiger partial charge in [-0.15, -0.1) is 0 Å². The van der Waals surface area contributed by atoms with E-state index in [1.54, 1.807) is 0 Å². The van der Waals surface area contributed by atoms with Gasteiger partial charge in [-0.1, -0.05) is 36.0 Å². The first-order chi connectivity index (χ1) is 13.9. The van der Waals surface area contributed by atoms with Crippen molar-refractivity contribution in [2.45, 2.75) is 29.0 Å². The molecule has 0 radical (unpaired) electrons. The van der Waals surface area contributed by atoms with Crippen molar-refractivity contribution < 1.29 is 23.2 Å². The molecule has 150 valence electrons. The summed E-state index contributed by atoms with van der Waals surface area (Å²) >= 11 is 0.406. The van der Waals surface area contributed by atoms with Gasteiger partial charge in [-0.05, 0) is 48.2 Å². The van der Waals surface area contributed by atoms with Crippen molar-refractivity contribution in [1.29, 1.82) is 0 Å². The maximum atomic E-state index is 13.0. The first-order valence-corrected chi connectivity index (χ1v) is 9.84. The van der Waals surface area contributed by atoms with Gasteiger partial charge in [0, 0.05) is 10.6 Å². The molecular weight excluding hydrogens is 400 g/mol. The van der Waals surface area contributed by atoms with E-state index in [1.165, 1.54) is 24.3 Å². The molecule has 0 aromatic heterocycles. The standard InChI is InChI=1S/C20H17F2N3O3S/c21-18(22)29-14-7-5-13(6-8-14)23-16(26)11-25-17(27)20(24-19(25)28)10-9-12-3-1-2-4-15(12)20/h1-8,18H,9-11H2,(H,23,26)(H,24,28). The number of anilines is 1. The SMILES string of the molecule is O=C(CN1C(=O)NC2(CCc3ccccc32)C1=O)Nc1ccc(SC(F)F)cc1. The van der Waals surface area contributed by atoms with Gasteiger partial charge < -0.3 is 10.6 Å². The molecule has 6 nitrogen and oxygen atoms in total. The summed E-state index contributed by atoms with van der Waals surface area (Å²) in [5, 5.41) is 5.34. The largest absolute Gasteiger partial charge is 0.325 e. The Morgan fingerprint density at radius 3 is 2.62 bits per heavy atom. The number of fused-ring (bicyclic) bond motifs is 2. The lowest BCUT2D eigenvalue weighted by atomic mass is 9.92. The second-order valence-corrected chi connectivity index (χ2v) is 7.90. The molecule has 1 atom stereocenters. The number of nitrogens with one attached hydrogen (secondary N) is 2. The van der Waals surface area contributed by atoms with Gasteiger partial charge in [-0.3, -0.25) is 14.5 Å². The van der Waals surface area contributed by atoms with Crippen molar-refractivity contribution in [3.05, 3.63) is 59.7 Å². The lowest BCUT2D eigenvalue weighted by Gasteiger charge is -2.22. The third-order valence-corrected chi connectivity index (χ3v) is 5.81. The van der Waals surface area contributed by atoms with Crippen molar-refractivity contribution in [1.82, 2.24) is 10.2 Å². The third-order valence-electron chi connectivity index (χ3n) is 5.09. The predicted octanol–water partition coefficient (Wildman–Crippen LogP) is 3.33. The number of alkyl halides is 2. The molecule has 1 aliphatic heterocycles. The fraction of sp³-hybridized carbons (Fsp3) is 0.250. The first-order valence-electron chi connectivity index (χ1n) is 8.96. The third kappa shape index (κ3) is 3.57. The lowest BCUT2D eigenvalue weighted by molar-refractivity contribution is -0.134. The van der Waals surface area contributed by atoms with Crippen molar-refractivity contribution >= 4 is 35.3 Å². The highest BCUT2D eigenvalue weighted by atomic mass is 32.2. The molecule has 9 heteroatoms. The van der Waals surface area contributed by atoms with Crippen LogP contribution in [0.15, 0.2) is 53.4 Å². The number of benzene rings is 2. The molecule has 1 saturated heterocycles. The van der Waals surface area contributed by atoms with Crippen LogP contribution in [0.1, 0.15) is 17.5 Å². The second-order valence-electron chi connectivity index (χ2n) is 6.83.